The predicted octanol–water partition coefficient (Wildman–Crippen LogP) is 3.74. The number of hydrogen-bond donors (Lipinski definition) is 0. The Hall–Kier alpha value is -2.47. The largest absolute Gasteiger partial charge is 0.272 e. The third-order valence-corrected chi connectivity index (χ3v) is 4.95. The molecule has 0 aromatic heterocycles. The molecule has 1 amide bonds. The van der Waals surface area contributed by atoms with Crippen LogP contribution < -0.4 is 0 Å². The lowest BCUT2D eigenvalue weighted by atomic mass is 10.1. The fraction of sp³-hybridized carbons (Fsp3) is 0.167. The summed E-state index contributed by atoms with van der Waals surface area (Å²) in [6, 6.07) is 13.6. The van der Waals surface area contributed by atoms with Crippen molar-refractivity contribution in [3.05, 3.63) is 65.5 Å². The lowest BCUT2D eigenvalue weighted by Crippen LogP contribution is -2.40. The van der Waals surface area contributed by atoms with Gasteiger partial charge in [-0.3, -0.25) is 9.79 Å². The number of carbonyl (C=O) groups excluding carboxylic acids is 1. The van der Waals surface area contributed by atoms with E-state index in [4.69, 9.17) is 0 Å². The molecule has 120 valence electrons. The summed E-state index contributed by atoms with van der Waals surface area (Å²) in [5.41, 5.74) is 2.67. The van der Waals surface area contributed by atoms with Crippen LogP contribution in [0.2, 0.25) is 0 Å². The van der Waals surface area contributed by atoms with E-state index in [-0.39, 0.29) is 11.7 Å². The summed E-state index contributed by atoms with van der Waals surface area (Å²) >= 11 is 1.45. The molecule has 2 aromatic carbocycles. The van der Waals surface area contributed by atoms with Gasteiger partial charge in [-0.25, -0.2) is 14.3 Å². The normalized spacial score (nSPS) is 18.8. The standard InChI is InChI=1S/C18H14FN3OS/c1-11-17(23)22-16(20-11)14-4-2-3-5-15(14)21-18(22)24-10-12-6-8-13(19)9-7-12/h2-9,11H,10H2,1H3. The number of nitrogens with zero attached hydrogens (tertiary/aromatic N) is 3. The van der Waals surface area contributed by atoms with Gasteiger partial charge in [0.25, 0.3) is 5.91 Å². The van der Waals surface area contributed by atoms with Gasteiger partial charge in [0.1, 0.15) is 17.7 Å². The molecule has 2 heterocycles. The van der Waals surface area contributed by atoms with Crippen molar-refractivity contribution in [3.8, 4) is 0 Å². The summed E-state index contributed by atoms with van der Waals surface area (Å²) in [5, 5.41) is 0.617. The van der Waals surface area contributed by atoms with Gasteiger partial charge >= 0.3 is 0 Å². The number of halogens is 1. The third kappa shape index (κ3) is 2.53. The third-order valence-electron chi connectivity index (χ3n) is 3.94. The molecule has 0 N–H and O–H groups in total. The van der Waals surface area contributed by atoms with Crippen LogP contribution in [-0.4, -0.2) is 27.9 Å². The average Bonchev–Trinajstić information content (AvgIpc) is 2.90. The fourth-order valence-corrected chi connectivity index (χ4v) is 3.66. The van der Waals surface area contributed by atoms with Gasteiger partial charge in [-0.2, -0.15) is 0 Å². The number of amidine groups is 2. The summed E-state index contributed by atoms with van der Waals surface area (Å²) in [7, 11) is 0. The Morgan fingerprint density at radius 2 is 1.92 bits per heavy atom. The molecule has 0 aliphatic carbocycles. The monoisotopic (exact) mass is 339 g/mol. The molecule has 4 nitrogen and oxygen atoms in total. The van der Waals surface area contributed by atoms with Crippen molar-refractivity contribution in [1.29, 1.82) is 0 Å². The van der Waals surface area contributed by atoms with Gasteiger partial charge in [-0.15, -0.1) is 0 Å². The number of rotatable bonds is 2. The van der Waals surface area contributed by atoms with Crippen LogP contribution in [0.4, 0.5) is 10.1 Å². The molecule has 2 aliphatic rings. The number of hydrogen-bond acceptors (Lipinski definition) is 4. The van der Waals surface area contributed by atoms with E-state index in [1.807, 2.05) is 24.3 Å². The van der Waals surface area contributed by atoms with Gasteiger partial charge < -0.3 is 0 Å². The summed E-state index contributed by atoms with van der Waals surface area (Å²) in [4.78, 5) is 23.2. The Bertz CT molecular complexity index is 876. The van der Waals surface area contributed by atoms with E-state index in [0.29, 0.717) is 16.8 Å². The highest BCUT2D eigenvalue weighted by molar-refractivity contribution is 8.13. The zero-order chi connectivity index (χ0) is 16.7. The predicted molar refractivity (Wildman–Crippen MR) is 94.1 cm³/mol. The molecule has 2 aromatic rings. The minimum Gasteiger partial charge on any atom is -0.272 e. The van der Waals surface area contributed by atoms with Crippen molar-refractivity contribution in [2.45, 2.75) is 18.7 Å². The van der Waals surface area contributed by atoms with Gasteiger partial charge in [0.05, 0.1) is 5.69 Å². The minimum absolute atomic E-state index is 0.0649. The average molecular weight is 339 g/mol. The number of fused-ring (bicyclic) bond motifs is 3. The molecule has 0 bridgehead atoms. The Morgan fingerprint density at radius 3 is 2.71 bits per heavy atom. The zero-order valence-electron chi connectivity index (χ0n) is 12.9. The molecule has 24 heavy (non-hydrogen) atoms. The quantitative estimate of drug-likeness (QED) is 0.837. The maximum atomic E-state index is 13.0. The SMILES string of the molecule is CC1N=C2c3ccccc3N=C(SCc3ccc(F)cc3)N2C1=O. The second-order valence-corrected chi connectivity index (χ2v) is 6.57. The summed E-state index contributed by atoms with van der Waals surface area (Å²) < 4.78 is 13.0. The Kier molecular flexibility index (Phi) is 3.69. The highest BCUT2D eigenvalue weighted by atomic mass is 32.2. The van der Waals surface area contributed by atoms with Crippen LogP contribution in [0.25, 0.3) is 0 Å². The van der Waals surface area contributed by atoms with Crippen LogP contribution in [0.5, 0.6) is 0 Å². The van der Waals surface area contributed by atoms with Crippen LogP contribution in [0.15, 0.2) is 58.5 Å². The van der Waals surface area contributed by atoms with Gasteiger partial charge in [0, 0.05) is 11.3 Å². The van der Waals surface area contributed by atoms with Gasteiger partial charge in [0.15, 0.2) is 5.17 Å². The fourth-order valence-electron chi connectivity index (χ4n) is 2.70. The number of benzene rings is 2. The number of carbonyl (C=O) groups is 1. The molecular formula is C18H14FN3OS. The first-order valence-electron chi connectivity index (χ1n) is 7.60. The first kappa shape index (κ1) is 15.1. The molecule has 1 unspecified atom stereocenters. The molecule has 0 fully saturated rings. The van der Waals surface area contributed by atoms with E-state index < -0.39 is 6.04 Å². The maximum absolute atomic E-state index is 13.0. The smallest absolute Gasteiger partial charge is 0.258 e. The van der Waals surface area contributed by atoms with Crippen LogP contribution in [-0.2, 0) is 10.5 Å². The lowest BCUT2D eigenvalue weighted by molar-refractivity contribution is -0.124. The summed E-state index contributed by atoms with van der Waals surface area (Å²) in [5.74, 6) is 0.947. The van der Waals surface area contributed by atoms with Crippen molar-refractivity contribution in [2.24, 2.45) is 9.98 Å². The molecule has 4 rings (SSSR count). The van der Waals surface area contributed by atoms with Crippen LogP contribution >= 0.6 is 11.8 Å². The van der Waals surface area contributed by atoms with Crippen molar-refractivity contribution < 1.29 is 9.18 Å². The first-order chi connectivity index (χ1) is 11.6. The first-order valence-corrected chi connectivity index (χ1v) is 8.59. The van der Waals surface area contributed by atoms with Gasteiger partial charge in [-0.1, -0.05) is 36.0 Å². The molecule has 0 saturated heterocycles. The topological polar surface area (TPSA) is 45.0 Å². The molecular weight excluding hydrogens is 325 g/mol. The van der Waals surface area contributed by atoms with Crippen molar-refractivity contribution in [3.63, 3.8) is 0 Å². The second kappa shape index (κ2) is 5.87. The van der Waals surface area contributed by atoms with Crippen molar-refractivity contribution in [2.75, 3.05) is 0 Å². The molecule has 0 spiro atoms. The summed E-state index contributed by atoms with van der Waals surface area (Å²) in [6.07, 6.45) is 0. The van der Waals surface area contributed by atoms with E-state index in [1.165, 1.54) is 23.9 Å². The number of aliphatic imine (C=N–C) groups is 2. The molecule has 6 heteroatoms. The van der Waals surface area contributed by atoms with Crippen LogP contribution in [0.1, 0.15) is 18.1 Å². The minimum atomic E-state index is -0.400. The van der Waals surface area contributed by atoms with Crippen molar-refractivity contribution in [1.82, 2.24) is 4.90 Å². The number of amides is 1. The molecule has 1 atom stereocenters. The lowest BCUT2D eigenvalue weighted by Gasteiger charge is -2.25. The van der Waals surface area contributed by atoms with Crippen molar-refractivity contribution >= 4 is 34.4 Å². The Balaban J connectivity index is 1.67. The Labute approximate surface area is 143 Å². The van der Waals surface area contributed by atoms with Crippen LogP contribution in [0, 0.1) is 5.82 Å². The summed E-state index contributed by atoms with van der Waals surface area (Å²) in [6.45, 7) is 1.79. The van der Waals surface area contributed by atoms with E-state index in [9.17, 15) is 9.18 Å². The number of para-hydroxylation sites is 1. The zero-order valence-corrected chi connectivity index (χ0v) is 13.8. The van der Waals surface area contributed by atoms with E-state index in [0.717, 1.165) is 16.8 Å². The molecule has 0 radical (unpaired) electrons. The van der Waals surface area contributed by atoms with Gasteiger partial charge in [-0.05, 0) is 36.8 Å². The molecule has 0 saturated carbocycles. The highest BCUT2D eigenvalue weighted by Gasteiger charge is 2.39. The van der Waals surface area contributed by atoms with Gasteiger partial charge in [0.2, 0.25) is 0 Å². The highest BCUT2D eigenvalue weighted by Crippen LogP contribution is 2.34. The number of thioether (sulfide) groups is 1. The van der Waals surface area contributed by atoms with E-state index >= 15 is 0 Å². The van der Waals surface area contributed by atoms with E-state index in [1.54, 1.807) is 24.0 Å². The Morgan fingerprint density at radius 1 is 1.17 bits per heavy atom. The molecule has 2 aliphatic heterocycles. The van der Waals surface area contributed by atoms with E-state index in [2.05, 4.69) is 9.98 Å². The van der Waals surface area contributed by atoms with Crippen LogP contribution in [0.3, 0.4) is 0 Å². The maximum Gasteiger partial charge on any atom is 0.258 e. The second-order valence-electron chi connectivity index (χ2n) is 5.63.